The van der Waals surface area contributed by atoms with Gasteiger partial charge in [0.15, 0.2) is 0 Å². The van der Waals surface area contributed by atoms with Gasteiger partial charge >= 0.3 is 0 Å². The van der Waals surface area contributed by atoms with Crippen LogP contribution in [0.1, 0.15) is 37.3 Å². The zero-order valence-corrected chi connectivity index (χ0v) is 13.3. The van der Waals surface area contributed by atoms with Crippen molar-refractivity contribution >= 4 is 27.5 Å². The van der Waals surface area contributed by atoms with Crippen molar-refractivity contribution in [3.8, 4) is 0 Å². The lowest BCUT2D eigenvalue weighted by Crippen LogP contribution is -2.56. The number of anilines is 1. The number of carbonyl (C=O) groups excluding carboxylic acids is 1. The number of amides is 1. The van der Waals surface area contributed by atoms with Gasteiger partial charge in [-0.2, -0.15) is 0 Å². The zero-order chi connectivity index (χ0) is 14.5. The summed E-state index contributed by atoms with van der Waals surface area (Å²) >= 11 is 3.47. The first-order chi connectivity index (χ1) is 9.44. The number of nitrogens with one attached hydrogen (secondary N) is 1. The lowest BCUT2D eigenvalue weighted by molar-refractivity contribution is -0.168. The van der Waals surface area contributed by atoms with Crippen LogP contribution in [0.15, 0.2) is 16.6 Å². The Kier molecular flexibility index (Phi) is 3.39. The Morgan fingerprint density at radius 1 is 1.45 bits per heavy atom. The molecule has 1 aromatic rings. The van der Waals surface area contributed by atoms with Gasteiger partial charge in [-0.25, -0.2) is 0 Å². The Labute approximate surface area is 127 Å². The first kappa shape index (κ1) is 14.0. The molecule has 2 N–H and O–H groups in total. The predicted molar refractivity (Wildman–Crippen MR) is 81.4 cm³/mol. The Bertz CT molecular complexity index is 575. The highest BCUT2D eigenvalue weighted by atomic mass is 79.9. The molecule has 1 saturated heterocycles. The smallest absolute Gasteiger partial charge is 0.277 e. The van der Waals surface area contributed by atoms with Crippen molar-refractivity contribution < 1.29 is 9.90 Å². The lowest BCUT2D eigenvalue weighted by atomic mass is 9.94. The van der Waals surface area contributed by atoms with Crippen molar-refractivity contribution in [2.75, 3.05) is 11.9 Å². The molecule has 3 rings (SSSR count). The monoisotopic (exact) mass is 338 g/mol. The number of hydrogen-bond acceptors (Lipinski definition) is 3. The Morgan fingerprint density at radius 3 is 2.90 bits per heavy atom. The van der Waals surface area contributed by atoms with Gasteiger partial charge < -0.3 is 10.4 Å². The Balaban J connectivity index is 2.12. The molecular weight excluding hydrogens is 320 g/mol. The molecule has 2 atom stereocenters. The molecule has 2 aliphatic heterocycles. The molecule has 2 aliphatic rings. The summed E-state index contributed by atoms with van der Waals surface area (Å²) in [6, 6.07) is 4.05. The molecule has 0 saturated carbocycles. The fraction of sp³-hybridized carbons (Fsp3) is 0.533. The van der Waals surface area contributed by atoms with Gasteiger partial charge in [-0.3, -0.25) is 9.69 Å². The molecule has 0 bridgehead atoms. The third-order valence-electron chi connectivity index (χ3n) is 4.38. The number of halogens is 1. The first-order valence-corrected chi connectivity index (χ1v) is 7.85. The Hall–Kier alpha value is -0.910. The second-order valence-electron chi connectivity index (χ2n) is 5.83. The second kappa shape index (κ2) is 4.83. The summed E-state index contributed by atoms with van der Waals surface area (Å²) in [6.07, 6.45) is 3.18. The summed E-state index contributed by atoms with van der Waals surface area (Å²) in [5, 5.41) is 14.0. The summed E-state index contributed by atoms with van der Waals surface area (Å²) in [5.74, 6) is -0.340. The van der Waals surface area contributed by atoms with Gasteiger partial charge in [0.05, 0.1) is 5.69 Å². The molecule has 5 heteroatoms. The molecule has 0 unspecified atom stereocenters. The van der Waals surface area contributed by atoms with E-state index in [-0.39, 0.29) is 11.9 Å². The Morgan fingerprint density at radius 2 is 2.20 bits per heavy atom. The minimum Gasteiger partial charge on any atom is -0.364 e. The van der Waals surface area contributed by atoms with Crippen LogP contribution in [0.25, 0.3) is 0 Å². The van der Waals surface area contributed by atoms with E-state index in [1.165, 1.54) is 0 Å². The van der Waals surface area contributed by atoms with Gasteiger partial charge in [-0.1, -0.05) is 6.42 Å². The van der Waals surface area contributed by atoms with Gasteiger partial charge in [0.25, 0.3) is 5.91 Å². The maximum Gasteiger partial charge on any atom is 0.277 e. The SMILES string of the molecule is Cc1cc(Br)c2c(c1)[C@](O)(N1CCCC[C@H]1C)C(=O)N2. The molecule has 4 nitrogen and oxygen atoms in total. The standard InChI is InChI=1S/C15H19BrN2O2/c1-9-7-11-13(12(16)8-9)17-14(19)15(11,20)18-6-4-3-5-10(18)2/h7-8,10,20H,3-6H2,1-2H3,(H,17,19)/t10-,15-/m1/s1. The van der Waals surface area contributed by atoms with E-state index in [0.29, 0.717) is 11.3 Å². The lowest BCUT2D eigenvalue weighted by Gasteiger charge is -2.42. The van der Waals surface area contributed by atoms with E-state index < -0.39 is 5.72 Å². The number of aryl methyl sites for hydroxylation is 1. The van der Waals surface area contributed by atoms with Crippen LogP contribution < -0.4 is 5.32 Å². The minimum atomic E-state index is -1.54. The second-order valence-corrected chi connectivity index (χ2v) is 6.69. The normalized spacial score (nSPS) is 30.2. The number of piperidine rings is 1. The maximum absolute atomic E-state index is 12.4. The quantitative estimate of drug-likeness (QED) is 0.827. The van der Waals surface area contributed by atoms with Crippen molar-refractivity contribution in [2.24, 2.45) is 0 Å². The van der Waals surface area contributed by atoms with Crippen LogP contribution in [0.4, 0.5) is 5.69 Å². The highest BCUT2D eigenvalue weighted by Crippen LogP contribution is 2.44. The van der Waals surface area contributed by atoms with Crippen LogP contribution in [0, 0.1) is 6.92 Å². The maximum atomic E-state index is 12.4. The average molecular weight is 339 g/mol. The highest BCUT2D eigenvalue weighted by molar-refractivity contribution is 9.10. The number of carbonyl (C=O) groups is 1. The number of hydrogen-bond donors (Lipinski definition) is 2. The van der Waals surface area contributed by atoms with Crippen molar-refractivity contribution in [1.29, 1.82) is 0 Å². The van der Waals surface area contributed by atoms with Crippen LogP contribution in [0.3, 0.4) is 0 Å². The number of benzene rings is 1. The van der Waals surface area contributed by atoms with E-state index in [1.54, 1.807) is 0 Å². The molecule has 20 heavy (non-hydrogen) atoms. The summed E-state index contributed by atoms with van der Waals surface area (Å²) in [5.41, 5.74) is 0.850. The summed E-state index contributed by atoms with van der Waals surface area (Å²) < 4.78 is 0.821. The zero-order valence-electron chi connectivity index (χ0n) is 11.7. The topological polar surface area (TPSA) is 52.6 Å². The summed E-state index contributed by atoms with van der Waals surface area (Å²) in [7, 11) is 0. The largest absolute Gasteiger partial charge is 0.364 e. The van der Waals surface area contributed by atoms with Gasteiger partial charge in [0.2, 0.25) is 5.72 Å². The molecule has 0 aromatic heterocycles. The van der Waals surface area contributed by atoms with Crippen molar-refractivity contribution in [2.45, 2.75) is 44.9 Å². The number of aliphatic hydroxyl groups is 1. The third-order valence-corrected chi connectivity index (χ3v) is 5.01. The van der Waals surface area contributed by atoms with E-state index in [1.807, 2.05) is 24.0 Å². The third kappa shape index (κ3) is 1.91. The number of fused-ring (bicyclic) bond motifs is 1. The van der Waals surface area contributed by atoms with Crippen LogP contribution in [0.5, 0.6) is 0 Å². The first-order valence-electron chi connectivity index (χ1n) is 7.06. The van der Waals surface area contributed by atoms with Gasteiger partial charge in [-0.15, -0.1) is 0 Å². The number of rotatable bonds is 1. The van der Waals surface area contributed by atoms with Crippen molar-refractivity contribution in [1.82, 2.24) is 4.90 Å². The molecule has 108 valence electrons. The van der Waals surface area contributed by atoms with E-state index in [2.05, 4.69) is 28.2 Å². The van der Waals surface area contributed by atoms with Gasteiger partial charge in [0, 0.05) is 22.6 Å². The number of likely N-dealkylation sites (tertiary alicyclic amines) is 1. The van der Waals surface area contributed by atoms with Crippen LogP contribution >= 0.6 is 15.9 Å². The van der Waals surface area contributed by atoms with Gasteiger partial charge in [0.1, 0.15) is 0 Å². The van der Waals surface area contributed by atoms with Crippen molar-refractivity contribution in [3.05, 3.63) is 27.7 Å². The van der Waals surface area contributed by atoms with Gasteiger partial charge in [-0.05, 0) is 60.3 Å². The fourth-order valence-electron chi connectivity index (χ4n) is 3.33. The predicted octanol–water partition coefficient (Wildman–Crippen LogP) is 2.73. The van der Waals surface area contributed by atoms with E-state index in [0.717, 1.165) is 35.8 Å². The molecule has 1 amide bonds. The molecule has 2 heterocycles. The number of nitrogens with zero attached hydrogens (tertiary/aromatic N) is 1. The van der Waals surface area contributed by atoms with Crippen LogP contribution in [-0.2, 0) is 10.5 Å². The van der Waals surface area contributed by atoms with Crippen LogP contribution in [0.2, 0.25) is 0 Å². The van der Waals surface area contributed by atoms with Crippen molar-refractivity contribution in [3.63, 3.8) is 0 Å². The van der Waals surface area contributed by atoms with E-state index in [9.17, 15) is 9.90 Å². The van der Waals surface area contributed by atoms with Crippen LogP contribution in [-0.4, -0.2) is 28.5 Å². The summed E-state index contributed by atoms with van der Waals surface area (Å²) in [4.78, 5) is 14.4. The molecular formula is C15H19BrN2O2. The molecule has 1 fully saturated rings. The van der Waals surface area contributed by atoms with E-state index in [4.69, 9.17) is 0 Å². The molecule has 1 aromatic carbocycles. The fourth-order valence-corrected chi connectivity index (χ4v) is 4.00. The minimum absolute atomic E-state index is 0.199. The molecule has 0 aliphatic carbocycles. The highest BCUT2D eigenvalue weighted by Gasteiger charge is 2.52. The summed E-state index contributed by atoms with van der Waals surface area (Å²) in [6.45, 7) is 4.79. The van der Waals surface area contributed by atoms with E-state index >= 15 is 0 Å². The average Bonchev–Trinajstić information content (AvgIpc) is 2.65. The molecule has 0 spiro atoms. The molecule has 0 radical (unpaired) electrons.